The van der Waals surface area contributed by atoms with Crippen LogP contribution in [0.1, 0.15) is 34.3 Å². The van der Waals surface area contributed by atoms with Gasteiger partial charge in [0.15, 0.2) is 0 Å². The Kier molecular flexibility index (Phi) is 8.75. The minimum atomic E-state index is -0.356. The molecular weight excluding hydrogens is 434 g/mol. The first-order valence-corrected chi connectivity index (χ1v) is 10.6. The second-order valence-corrected chi connectivity index (χ2v) is 7.29. The summed E-state index contributed by atoms with van der Waals surface area (Å²) in [6, 6.07) is 20.0. The molecule has 5 N–H and O–H groups in total. The number of benzene rings is 3. The molecule has 0 heterocycles. The second-order valence-electron chi connectivity index (χ2n) is 7.29. The van der Waals surface area contributed by atoms with Gasteiger partial charge in [-0.15, -0.1) is 0 Å². The van der Waals surface area contributed by atoms with Crippen LogP contribution in [0.2, 0.25) is 0 Å². The summed E-state index contributed by atoms with van der Waals surface area (Å²) in [6.07, 6.45) is 3.80. The fraction of sp³-hybridized carbons (Fsp3) is 0.120. The molecule has 3 aromatic carbocycles. The average molecular weight is 460 g/mol. The van der Waals surface area contributed by atoms with Gasteiger partial charge in [-0.2, -0.15) is 10.2 Å². The smallest absolute Gasteiger partial charge is 0.271 e. The third kappa shape index (κ3) is 8.12. The van der Waals surface area contributed by atoms with Crippen LogP contribution in [0.4, 0.5) is 5.69 Å². The first kappa shape index (κ1) is 24.0. The molecule has 2 amide bonds. The SMILES string of the molecule is O=C(CCCNc1ccc(C(=O)NN=Cc2cccc(O)c2)cc1)NN=Cc1cccc(O)c1. The fourth-order valence-corrected chi connectivity index (χ4v) is 2.90. The molecule has 3 aromatic rings. The molecule has 9 nitrogen and oxygen atoms in total. The third-order valence-electron chi connectivity index (χ3n) is 4.58. The fourth-order valence-electron chi connectivity index (χ4n) is 2.90. The number of phenols is 2. The zero-order valence-electron chi connectivity index (χ0n) is 18.3. The van der Waals surface area contributed by atoms with E-state index in [1.807, 2.05) is 0 Å². The van der Waals surface area contributed by atoms with Crippen molar-refractivity contribution in [2.75, 3.05) is 11.9 Å². The molecule has 34 heavy (non-hydrogen) atoms. The van der Waals surface area contributed by atoms with Crippen LogP contribution in [0.5, 0.6) is 11.5 Å². The number of aromatic hydroxyl groups is 2. The summed E-state index contributed by atoms with van der Waals surface area (Å²) < 4.78 is 0. The molecule has 0 bridgehead atoms. The molecule has 0 fully saturated rings. The van der Waals surface area contributed by atoms with Gasteiger partial charge in [0, 0.05) is 24.2 Å². The molecular formula is C25H25N5O4. The lowest BCUT2D eigenvalue weighted by molar-refractivity contribution is -0.121. The predicted molar refractivity (Wildman–Crippen MR) is 131 cm³/mol. The molecule has 0 unspecified atom stereocenters. The molecule has 0 saturated carbocycles. The maximum Gasteiger partial charge on any atom is 0.271 e. The van der Waals surface area contributed by atoms with Gasteiger partial charge in [-0.25, -0.2) is 10.9 Å². The summed E-state index contributed by atoms with van der Waals surface area (Å²) >= 11 is 0. The number of hydrogen-bond acceptors (Lipinski definition) is 7. The average Bonchev–Trinajstić information content (AvgIpc) is 2.82. The van der Waals surface area contributed by atoms with Crippen LogP contribution < -0.4 is 16.2 Å². The van der Waals surface area contributed by atoms with Crippen molar-refractivity contribution in [2.24, 2.45) is 10.2 Å². The van der Waals surface area contributed by atoms with E-state index in [4.69, 9.17) is 0 Å². The van der Waals surface area contributed by atoms with Gasteiger partial charge in [-0.3, -0.25) is 9.59 Å². The van der Waals surface area contributed by atoms with Crippen LogP contribution in [-0.4, -0.2) is 41.0 Å². The molecule has 9 heteroatoms. The van der Waals surface area contributed by atoms with Gasteiger partial charge in [0.25, 0.3) is 5.91 Å². The standard InChI is InChI=1S/C25H25N5O4/c31-22-6-1-4-18(14-22)16-27-29-24(33)8-3-13-26-21-11-9-20(10-12-21)25(34)30-28-17-19-5-2-7-23(32)15-19/h1-2,4-7,9-12,14-17,26,31-32H,3,8,13H2,(H,29,33)(H,30,34). The molecule has 3 rings (SSSR count). The number of carbonyl (C=O) groups excluding carboxylic acids is 2. The Labute approximate surface area is 196 Å². The Bertz CT molecular complexity index is 1180. The first-order chi connectivity index (χ1) is 16.5. The van der Waals surface area contributed by atoms with Crippen molar-refractivity contribution in [1.29, 1.82) is 0 Å². The zero-order chi connectivity index (χ0) is 24.2. The van der Waals surface area contributed by atoms with Crippen LogP contribution >= 0.6 is 0 Å². The lowest BCUT2D eigenvalue weighted by atomic mass is 10.2. The van der Waals surface area contributed by atoms with Gasteiger partial charge < -0.3 is 15.5 Å². The second kappa shape index (κ2) is 12.4. The van der Waals surface area contributed by atoms with Crippen LogP contribution in [0, 0.1) is 0 Å². The molecule has 0 saturated heterocycles. The molecule has 0 atom stereocenters. The van der Waals surface area contributed by atoms with Gasteiger partial charge in [-0.1, -0.05) is 24.3 Å². The van der Waals surface area contributed by atoms with E-state index >= 15 is 0 Å². The van der Waals surface area contributed by atoms with Gasteiger partial charge in [0.2, 0.25) is 5.91 Å². The highest BCUT2D eigenvalue weighted by atomic mass is 16.3. The van der Waals surface area contributed by atoms with Gasteiger partial charge in [-0.05, 0) is 66.1 Å². The highest BCUT2D eigenvalue weighted by molar-refractivity contribution is 5.95. The molecule has 0 radical (unpaired) electrons. The normalized spacial score (nSPS) is 10.9. The Balaban J connectivity index is 1.35. The van der Waals surface area contributed by atoms with E-state index in [2.05, 4.69) is 26.4 Å². The van der Waals surface area contributed by atoms with E-state index in [9.17, 15) is 19.8 Å². The van der Waals surface area contributed by atoms with Crippen molar-refractivity contribution in [2.45, 2.75) is 12.8 Å². The Morgan fingerprint density at radius 3 is 1.97 bits per heavy atom. The number of rotatable bonds is 10. The molecule has 0 aliphatic heterocycles. The van der Waals surface area contributed by atoms with Crippen molar-refractivity contribution in [1.82, 2.24) is 10.9 Å². The minimum absolute atomic E-state index is 0.123. The molecule has 0 aromatic heterocycles. The summed E-state index contributed by atoms with van der Waals surface area (Å²) in [4.78, 5) is 24.0. The summed E-state index contributed by atoms with van der Waals surface area (Å²) in [5, 5.41) is 29.8. The number of hydrazone groups is 2. The van der Waals surface area contributed by atoms with Crippen molar-refractivity contribution in [3.05, 3.63) is 89.5 Å². The van der Waals surface area contributed by atoms with Crippen molar-refractivity contribution >= 4 is 29.9 Å². The van der Waals surface area contributed by atoms with E-state index in [1.54, 1.807) is 66.7 Å². The lowest BCUT2D eigenvalue weighted by Gasteiger charge is -2.07. The number of amides is 2. The monoisotopic (exact) mass is 459 g/mol. The highest BCUT2D eigenvalue weighted by Crippen LogP contribution is 2.11. The Hall–Kier alpha value is -4.66. The molecule has 0 aliphatic carbocycles. The first-order valence-electron chi connectivity index (χ1n) is 10.6. The van der Waals surface area contributed by atoms with Gasteiger partial charge >= 0.3 is 0 Å². The number of nitrogens with zero attached hydrogens (tertiary/aromatic N) is 2. The van der Waals surface area contributed by atoms with Gasteiger partial charge in [0.1, 0.15) is 11.5 Å². The molecule has 0 aliphatic rings. The third-order valence-corrected chi connectivity index (χ3v) is 4.58. The number of hydrogen-bond donors (Lipinski definition) is 5. The van der Waals surface area contributed by atoms with E-state index in [0.29, 0.717) is 36.1 Å². The quantitative estimate of drug-likeness (QED) is 0.180. The number of carbonyl (C=O) groups is 2. The lowest BCUT2D eigenvalue weighted by Crippen LogP contribution is -2.18. The summed E-state index contributed by atoms with van der Waals surface area (Å²) in [5.41, 5.74) is 7.51. The number of nitrogens with one attached hydrogen (secondary N) is 3. The van der Waals surface area contributed by atoms with Crippen molar-refractivity contribution in [3.63, 3.8) is 0 Å². The summed E-state index contributed by atoms with van der Waals surface area (Å²) in [7, 11) is 0. The van der Waals surface area contributed by atoms with Crippen LogP contribution in [-0.2, 0) is 4.79 Å². The maximum atomic E-state index is 12.2. The van der Waals surface area contributed by atoms with E-state index in [1.165, 1.54) is 18.5 Å². The van der Waals surface area contributed by atoms with Gasteiger partial charge in [0.05, 0.1) is 12.4 Å². The largest absolute Gasteiger partial charge is 0.508 e. The number of phenolic OH excluding ortho intramolecular Hbond substituents is 2. The Morgan fingerprint density at radius 1 is 0.794 bits per heavy atom. The zero-order valence-corrected chi connectivity index (χ0v) is 18.3. The van der Waals surface area contributed by atoms with E-state index in [0.717, 1.165) is 5.69 Å². The van der Waals surface area contributed by atoms with Crippen molar-refractivity contribution in [3.8, 4) is 11.5 Å². The van der Waals surface area contributed by atoms with E-state index in [-0.39, 0.29) is 23.3 Å². The topological polar surface area (TPSA) is 135 Å². The van der Waals surface area contributed by atoms with Crippen molar-refractivity contribution < 1.29 is 19.8 Å². The molecule has 0 spiro atoms. The minimum Gasteiger partial charge on any atom is -0.508 e. The maximum absolute atomic E-state index is 12.2. The predicted octanol–water partition coefficient (Wildman–Crippen LogP) is 3.20. The number of anilines is 1. The van der Waals surface area contributed by atoms with Crippen LogP contribution in [0.3, 0.4) is 0 Å². The molecule has 174 valence electrons. The summed E-state index contributed by atoms with van der Waals surface area (Å²) in [5.74, 6) is -0.312. The summed E-state index contributed by atoms with van der Waals surface area (Å²) in [6.45, 7) is 0.573. The van der Waals surface area contributed by atoms with E-state index < -0.39 is 0 Å². The Morgan fingerprint density at radius 2 is 1.38 bits per heavy atom. The van der Waals surface area contributed by atoms with Crippen LogP contribution in [0.25, 0.3) is 0 Å². The van der Waals surface area contributed by atoms with Crippen LogP contribution in [0.15, 0.2) is 83.0 Å². The highest BCUT2D eigenvalue weighted by Gasteiger charge is 2.04.